The SMILES string of the molecule is CC1CN(C)c2cc(C=O)ccc21. The molecule has 1 heterocycles. The van der Waals surface area contributed by atoms with E-state index >= 15 is 0 Å². The van der Waals surface area contributed by atoms with Gasteiger partial charge in [-0.3, -0.25) is 4.79 Å². The van der Waals surface area contributed by atoms with Crippen molar-refractivity contribution < 1.29 is 4.79 Å². The Balaban J connectivity index is 2.51. The van der Waals surface area contributed by atoms with E-state index in [0.29, 0.717) is 5.92 Å². The maximum Gasteiger partial charge on any atom is 0.150 e. The van der Waals surface area contributed by atoms with Gasteiger partial charge in [0.15, 0.2) is 0 Å². The fourth-order valence-corrected chi connectivity index (χ4v) is 1.99. The fraction of sp³-hybridized carbons (Fsp3) is 0.364. The van der Waals surface area contributed by atoms with Gasteiger partial charge in [-0.1, -0.05) is 19.1 Å². The van der Waals surface area contributed by atoms with Crippen LogP contribution in [0.5, 0.6) is 0 Å². The molecule has 0 N–H and O–H groups in total. The number of nitrogens with zero attached hydrogens (tertiary/aromatic N) is 1. The molecule has 0 aliphatic carbocycles. The van der Waals surface area contributed by atoms with Crippen molar-refractivity contribution in [2.75, 3.05) is 18.5 Å². The zero-order chi connectivity index (χ0) is 9.42. The van der Waals surface area contributed by atoms with E-state index in [1.54, 1.807) is 0 Å². The molecule has 0 aromatic heterocycles. The Morgan fingerprint density at radius 1 is 1.54 bits per heavy atom. The van der Waals surface area contributed by atoms with Crippen LogP contribution in [-0.4, -0.2) is 19.9 Å². The predicted octanol–water partition coefficient (Wildman–Crippen LogP) is 2.05. The number of fused-ring (bicyclic) bond motifs is 1. The molecule has 1 aliphatic rings. The Morgan fingerprint density at radius 2 is 2.31 bits per heavy atom. The summed E-state index contributed by atoms with van der Waals surface area (Å²) in [5.74, 6) is 0.584. The molecule has 0 radical (unpaired) electrons. The normalized spacial score (nSPS) is 20.2. The average Bonchev–Trinajstić information content (AvgIpc) is 2.42. The maximum atomic E-state index is 10.6. The summed E-state index contributed by atoms with van der Waals surface area (Å²) in [6, 6.07) is 5.92. The van der Waals surface area contributed by atoms with Gasteiger partial charge in [0.25, 0.3) is 0 Å². The van der Waals surface area contributed by atoms with E-state index in [1.165, 1.54) is 11.3 Å². The summed E-state index contributed by atoms with van der Waals surface area (Å²) in [5, 5.41) is 0. The number of hydrogen-bond acceptors (Lipinski definition) is 2. The molecule has 1 aromatic carbocycles. The Labute approximate surface area is 78.2 Å². The van der Waals surface area contributed by atoms with Crippen molar-refractivity contribution in [2.24, 2.45) is 0 Å². The van der Waals surface area contributed by atoms with Crippen molar-refractivity contribution in [2.45, 2.75) is 12.8 Å². The Morgan fingerprint density at radius 3 is 3.00 bits per heavy atom. The summed E-state index contributed by atoms with van der Waals surface area (Å²) >= 11 is 0. The molecule has 2 heteroatoms. The van der Waals surface area contributed by atoms with Crippen molar-refractivity contribution in [3.63, 3.8) is 0 Å². The highest BCUT2D eigenvalue weighted by atomic mass is 16.1. The van der Waals surface area contributed by atoms with E-state index in [2.05, 4.69) is 24.9 Å². The summed E-state index contributed by atoms with van der Waals surface area (Å²) in [6.07, 6.45) is 0.900. The zero-order valence-corrected chi connectivity index (χ0v) is 7.95. The van der Waals surface area contributed by atoms with Gasteiger partial charge in [0.1, 0.15) is 6.29 Å². The summed E-state index contributed by atoms with van der Waals surface area (Å²) in [6.45, 7) is 3.26. The third-order valence-electron chi connectivity index (χ3n) is 2.68. The summed E-state index contributed by atoms with van der Waals surface area (Å²) in [5.41, 5.74) is 3.32. The number of benzene rings is 1. The van der Waals surface area contributed by atoms with Crippen molar-refractivity contribution in [1.82, 2.24) is 0 Å². The van der Waals surface area contributed by atoms with Crippen LogP contribution in [0.4, 0.5) is 5.69 Å². The molecule has 1 aromatic rings. The minimum Gasteiger partial charge on any atom is -0.374 e. The topological polar surface area (TPSA) is 20.3 Å². The first-order chi connectivity index (χ1) is 6.22. The number of hydrogen-bond donors (Lipinski definition) is 0. The number of carbonyl (C=O) groups is 1. The molecule has 13 heavy (non-hydrogen) atoms. The molecule has 0 fully saturated rings. The lowest BCUT2D eigenvalue weighted by Gasteiger charge is -2.11. The molecule has 68 valence electrons. The van der Waals surface area contributed by atoms with Crippen LogP contribution in [0.3, 0.4) is 0 Å². The second-order valence-corrected chi connectivity index (χ2v) is 3.72. The maximum absolute atomic E-state index is 10.6. The third-order valence-corrected chi connectivity index (χ3v) is 2.68. The number of anilines is 1. The van der Waals surface area contributed by atoms with Crippen LogP contribution in [0.15, 0.2) is 18.2 Å². The number of carbonyl (C=O) groups excluding carboxylic acids is 1. The van der Waals surface area contributed by atoms with Gasteiger partial charge in [-0.25, -0.2) is 0 Å². The second kappa shape index (κ2) is 2.87. The molecular weight excluding hydrogens is 162 g/mol. The molecular formula is C11H13NO. The van der Waals surface area contributed by atoms with Gasteiger partial charge in [0.2, 0.25) is 0 Å². The van der Waals surface area contributed by atoms with Crippen LogP contribution in [0.25, 0.3) is 0 Å². The number of rotatable bonds is 1. The fourth-order valence-electron chi connectivity index (χ4n) is 1.99. The quantitative estimate of drug-likeness (QED) is 0.609. The highest BCUT2D eigenvalue weighted by molar-refractivity contribution is 5.79. The van der Waals surface area contributed by atoms with Gasteiger partial charge in [0, 0.05) is 30.8 Å². The van der Waals surface area contributed by atoms with E-state index in [1.807, 2.05) is 12.1 Å². The molecule has 1 aliphatic heterocycles. The van der Waals surface area contributed by atoms with Gasteiger partial charge < -0.3 is 4.90 Å². The summed E-state index contributed by atoms with van der Waals surface area (Å²) in [7, 11) is 2.07. The molecule has 2 rings (SSSR count). The first-order valence-electron chi connectivity index (χ1n) is 4.52. The Bertz CT molecular complexity index is 346. The molecule has 1 unspecified atom stereocenters. The first kappa shape index (κ1) is 8.30. The van der Waals surface area contributed by atoms with Crippen LogP contribution in [0.1, 0.15) is 28.8 Å². The smallest absolute Gasteiger partial charge is 0.150 e. The lowest BCUT2D eigenvalue weighted by atomic mass is 10.0. The number of aldehydes is 1. The molecule has 2 nitrogen and oxygen atoms in total. The Hall–Kier alpha value is -1.31. The van der Waals surface area contributed by atoms with Crippen LogP contribution in [0, 0.1) is 0 Å². The van der Waals surface area contributed by atoms with Crippen LogP contribution >= 0.6 is 0 Å². The highest BCUT2D eigenvalue weighted by Crippen LogP contribution is 2.34. The van der Waals surface area contributed by atoms with Gasteiger partial charge in [0.05, 0.1) is 0 Å². The molecule has 0 spiro atoms. The second-order valence-electron chi connectivity index (χ2n) is 3.72. The molecule has 0 amide bonds. The van der Waals surface area contributed by atoms with Gasteiger partial charge in [-0.05, 0) is 11.6 Å². The van der Waals surface area contributed by atoms with E-state index in [4.69, 9.17) is 0 Å². The van der Waals surface area contributed by atoms with Crippen molar-refractivity contribution in [3.8, 4) is 0 Å². The van der Waals surface area contributed by atoms with E-state index in [-0.39, 0.29) is 0 Å². The van der Waals surface area contributed by atoms with Gasteiger partial charge >= 0.3 is 0 Å². The van der Waals surface area contributed by atoms with Gasteiger partial charge in [-0.2, -0.15) is 0 Å². The minimum absolute atomic E-state index is 0.584. The molecule has 0 saturated heterocycles. The average molecular weight is 175 g/mol. The summed E-state index contributed by atoms with van der Waals surface area (Å²) in [4.78, 5) is 12.8. The van der Waals surface area contributed by atoms with Crippen molar-refractivity contribution >= 4 is 12.0 Å². The highest BCUT2D eigenvalue weighted by Gasteiger charge is 2.22. The van der Waals surface area contributed by atoms with Gasteiger partial charge in [-0.15, -0.1) is 0 Å². The van der Waals surface area contributed by atoms with Crippen molar-refractivity contribution in [1.29, 1.82) is 0 Å². The van der Waals surface area contributed by atoms with Crippen LogP contribution in [-0.2, 0) is 0 Å². The summed E-state index contributed by atoms with van der Waals surface area (Å²) < 4.78 is 0. The lowest BCUT2D eigenvalue weighted by molar-refractivity contribution is 0.112. The van der Waals surface area contributed by atoms with Crippen LogP contribution in [0.2, 0.25) is 0 Å². The monoisotopic (exact) mass is 175 g/mol. The standard InChI is InChI=1S/C11H13NO/c1-8-6-12(2)11-5-9(7-13)3-4-10(8)11/h3-5,7-8H,6H2,1-2H3. The molecule has 0 saturated carbocycles. The first-order valence-corrected chi connectivity index (χ1v) is 4.52. The van der Waals surface area contributed by atoms with E-state index < -0.39 is 0 Å². The van der Waals surface area contributed by atoms with Crippen LogP contribution < -0.4 is 4.90 Å². The minimum atomic E-state index is 0.584. The third kappa shape index (κ3) is 1.22. The largest absolute Gasteiger partial charge is 0.374 e. The molecule has 0 bridgehead atoms. The Kier molecular flexibility index (Phi) is 1.83. The zero-order valence-electron chi connectivity index (χ0n) is 7.95. The van der Waals surface area contributed by atoms with E-state index in [0.717, 1.165) is 18.4 Å². The van der Waals surface area contributed by atoms with Crippen molar-refractivity contribution in [3.05, 3.63) is 29.3 Å². The molecule has 1 atom stereocenters. The lowest BCUT2D eigenvalue weighted by Crippen LogP contribution is -2.14. The number of likely N-dealkylation sites (N-methyl/N-ethyl adjacent to an activating group) is 1. The predicted molar refractivity (Wildman–Crippen MR) is 53.5 cm³/mol. The van der Waals surface area contributed by atoms with E-state index in [9.17, 15) is 4.79 Å².